The molecule has 0 unspecified atom stereocenters. The van der Waals surface area contributed by atoms with Crippen LogP contribution < -0.4 is 21.7 Å². The molecule has 0 saturated carbocycles. The van der Waals surface area contributed by atoms with Crippen molar-refractivity contribution in [2.24, 2.45) is 20.4 Å². The predicted molar refractivity (Wildman–Crippen MR) is 256 cm³/mol. The van der Waals surface area contributed by atoms with Gasteiger partial charge in [0.1, 0.15) is 23.3 Å². The van der Waals surface area contributed by atoms with Gasteiger partial charge in [-0.3, -0.25) is 21.7 Å². The molecule has 0 aromatic carbocycles. The molecular formula is C41H38DyF9N14O9S3. The fraction of sp³-hybridized carbons (Fsp3) is 0.171. The Balaban J connectivity index is 0.000000540. The van der Waals surface area contributed by atoms with Crippen molar-refractivity contribution in [3.8, 4) is 0 Å². The van der Waals surface area contributed by atoms with E-state index < -0.39 is 46.9 Å². The minimum absolute atomic E-state index is 0. The molecule has 6 rings (SSSR count). The second-order valence-electron chi connectivity index (χ2n) is 13.6. The molecule has 1 radical (unpaired) electrons. The fourth-order valence-corrected chi connectivity index (χ4v) is 4.18. The summed E-state index contributed by atoms with van der Waals surface area (Å²) in [6.07, 6.45) is 6.84. The Bertz CT molecular complexity index is 2850. The van der Waals surface area contributed by atoms with Crippen LogP contribution in [0.1, 0.15) is 50.5 Å². The zero-order valence-electron chi connectivity index (χ0n) is 39.3. The normalized spacial score (nSPS) is 12.4. The zero-order chi connectivity index (χ0) is 57.4. The van der Waals surface area contributed by atoms with Gasteiger partial charge in [0.15, 0.2) is 30.4 Å². The number of alkyl halides is 9. The molecule has 6 aromatic heterocycles. The van der Waals surface area contributed by atoms with Crippen molar-refractivity contribution >= 4 is 76.5 Å². The molecule has 0 atom stereocenters. The summed E-state index contributed by atoms with van der Waals surface area (Å²) in [6, 6.07) is 33.9. The predicted octanol–water partition coefficient (Wildman–Crippen LogP) is 7.24. The topological polar surface area (TPSA) is 346 Å². The van der Waals surface area contributed by atoms with Gasteiger partial charge in [0.25, 0.3) is 0 Å². The van der Waals surface area contributed by atoms with E-state index in [1.807, 2.05) is 137 Å². The van der Waals surface area contributed by atoms with E-state index >= 15 is 0 Å². The minimum Gasteiger partial charge on any atom is -0.741 e. The summed E-state index contributed by atoms with van der Waals surface area (Å²) in [5, 5.41) is 17.3. The van der Waals surface area contributed by atoms with Crippen molar-refractivity contribution in [2.75, 3.05) is 21.7 Å². The van der Waals surface area contributed by atoms with Gasteiger partial charge in [0.05, 0.1) is 45.6 Å². The maximum Gasteiger partial charge on any atom is 3.00 e. The molecule has 0 spiro atoms. The molecule has 6 aromatic rings. The standard InChI is InChI=1S/2C19H19N7.3CHF3O3S.Dy/c2*1-14(23-25-18-10-3-5-12-20-18)16-8-7-9-17(22-16)15(2)24-26-19-11-4-6-13-21-19;3*2-1(3,4)8(5,6)7;/h2*3-13H,1-2H3,(H,20,25)(H,21,26);3*(H,5,6,7);/q;;;;;+3/p-3/b2*23-14+,24-15+;;;;. The van der Waals surface area contributed by atoms with E-state index in [0.717, 1.165) is 45.6 Å². The second-order valence-corrected chi connectivity index (χ2v) is 17.7. The van der Waals surface area contributed by atoms with Gasteiger partial charge in [0, 0.05) is 24.8 Å². The van der Waals surface area contributed by atoms with Crippen LogP contribution >= 0.6 is 0 Å². The molecule has 6 heterocycles. The summed E-state index contributed by atoms with van der Waals surface area (Å²) < 4.78 is 177. The molecule has 77 heavy (non-hydrogen) atoms. The first kappa shape index (κ1) is 68.2. The summed E-state index contributed by atoms with van der Waals surface area (Å²) >= 11 is 0. The molecule has 0 amide bonds. The quantitative estimate of drug-likeness (QED) is 0.0308. The Morgan fingerprint density at radius 2 is 0.558 bits per heavy atom. The maximum atomic E-state index is 10.7. The van der Waals surface area contributed by atoms with Crippen LogP contribution in [0.4, 0.5) is 62.8 Å². The summed E-state index contributed by atoms with van der Waals surface area (Å²) in [7, 11) is -18.3. The number of nitrogens with zero attached hydrogens (tertiary/aromatic N) is 10. The van der Waals surface area contributed by atoms with Gasteiger partial charge in [0.2, 0.25) is 0 Å². The van der Waals surface area contributed by atoms with Crippen LogP contribution in [0.3, 0.4) is 0 Å². The first-order valence-electron chi connectivity index (χ1n) is 20.1. The Hall–Kier alpha value is -6.85. The number of hydrazone groups is 4. The summed E-state index contributed by atoms with van der Waals surface area (Å²) in [4.78, 5) is 25.9. The van der Waals surface area contributed by atoms with Gasteiger partial charge in [-0.1, -0.05) is 36.4 Å². The van der Waals surface area contributed by atoms with Crippen LogP contribution in [0.2, 0.25) is 0 Å². The molecular weight excluding hydrogens is 1260 g/mol. The van der Waals surface area contributed by atoms with E-state index in [-0.39, 0.29) is 38.2 Å². The van der Waals surface area contributed by atoms with Crippen molar-refractivity contribution < 1.29 is 117 Å². The van der Waals surface area contributed by atoms with Gasteiger partial charge < -0.3 is 13.7 Å². The number of rotatable bonds is 12. The van der Waals surface area contributed by atoms with Crippen molar-refractivity contribution in [3.63, 3.8) is 0 Å². The Kier molecular flexibility index (Phi) is 27.8. The van der Waals surface area contributed by atoms with E-state index in [1.54, 1.807) is 24.8 Å². The number of nitrogens with one attached hydrogen (secondary N) is 4. The number of pyridine rings is 6. The molecule has 36 heteroatoms. The molecule has 23 nitrogen and oxygen atoms in total. The average Bonchev–Trinajstić information content (AvgIpc) is 3.36. The third kappa shape index (κ3) is 26.7. The Morgan fingerprint density at radius 3 is 0.701 bits per heavy atom. The van der Waals surface area contributed by atoms with E-state index in [2.05, 4.69) is 72.0 Å². The Morgan fingerprint density at radius 1 is 0.377 bits per heavy atom. The molecule has 0 aliphatic rings. The summed E-state index contributed by atoms with van der Waals surface area (Å²) in [5.41, 5.74) is 0.820. The molecule has 0 fully saturated rings. The van der Waals surface area contributed by atoms with Crippen molar-refractivity contribution in [3.05, 3.63) is 157 Å². The van der Waals surface area contributed by atoms with Gasteiger partial charge >= 0.3 is 54.7 Å². The molecule has 0 aliphatic heterocycles. The Labute approximate surface area is 463 Å². The summed E-state index contributed by atoms with van der Waals surface area (Å²) in [5.74, 6) is 2.72. The van der Waals surface area contributed by atoms with Crippen molar-refractivity contribution in [1.29, 1.82) is 0 Å². The number of hydrogen-bond acceptors (Lipinski definition) is 23. The monoisotopic (exact) mass is 1300 g/mol. The van der Waals surface area contributed by atoms with Crippen LogP contribution in [-0.2, 0) is 30.4 Å². The number of halogens is 9. The van der Waals surface area contributed by atoms with Crippen LogP contribution in [0.5, 0.6) is 0 Å². The zero-order valence-corrected chi connectivity index (χ0v) is 43.8. The van der Waals surface area contributed by atoms with E-state index in [9.17, 15) is 39.5 Å². The van der Waals surface area contributed by atoms with E-state index in [1.165, 1.54) is 0 Å². The molecule has 417 valence electrons. The van der Waals surface area contributed by atoms with Gasteiger partial charge in [-0.25, -0.2) is 55.2 Å². The van der Waals surface area contributed by atoms with E-state index in [4.69, 9.17) is 38.9 Å². The van der Waals surface area contributed by atoms with Crippen molar-refractivity contribution in [2.45, 2.75) is 44.2 Å². The van der Waals surface area contributed by atoms with Gasteiger partial charge in [-0.15, -0.1) is 0 Å². The first-order chi connectivity index (χ1) is 35.2. The van der Waals surface area contributed by atoms with Gasteiger partial charge in [-0.05, 0) is 100 Å². The van der Waals surface area contributed by atoms with Crippen LogP contribution in [-0.4, -0.2) is 108 Å². The number of hydrogen-bond donors (Lipinski definition) is 4. The number of aromatic nitrogens is 6. The van der Waals surface area contributed by atoms with Crippen molar-refractivity contribution in [1.82, 2.24) is 29.9 Å². The third-order valence-corrected chi connectivity index (χ3v) is 9.54. The molecule has 0 aliphatic carbocycles. The van der Waals surface area contributed by atoms with E-state index in [0.29, 0.717) is 23.3 Å². The van der Waals surface area contributed by atoms with Crippen LogP contribution in [0.15, 0.2) is 154 Å². The first-order valence-corrected chi connectivity index (χ1v) is 24.3. The molecule has 0 saturated heterocycles. The second kappa shape index (κ2) is 31.4. The third-order valence-electron chi connectivity index (χ3n) is 7.84. The van der Waals surface area contributed by atoms with Crippen LogP contribution in [0.25, 0.3) is 0 Å². The SMILES string of the molecule is C/C(=N\Nc1ccccn1)c1cccc(/C(C)=N/Nc2ccccn2)n1.C/C(=N\Nc1ccccn1)c1cccc(/C(C)=N/Nc2ccccn2)n1.O=S(=O)([O-])C(F)(F)F.O=S(=O)([O-])C(F)(F)F.O=S(=O)([O-])C(F)(F)F.[Dy+3]. The summed E-state index contributed by atoms with van der Waals surface area (Å²) in [6.45, 7) is 7.56. The fourth-order valence-electron chi connectivity index (χ4n) is 4.18. The molecule has 4 N–H and O–H groups in total. The smallest absolute Gasteiger partial charge is 0.741 e. The average molecular weight is 1300 g/mol. The molecule has 0 bridgehead atoms. The minimum atomic E-state index is -6.09. The maximum absolute atomic E-state index is 10.7. The van der Waals surface area contributed by atoms with Crippen LogP contribution in [0, 0.1) is 38.2 Å². The van der Waals surface area contributed by atoms with Gasteiger partial charge in [-0.2, -0.15) is 59.9 Å². The number of anilines is 4. The largest absolute Gasteiger partial charge is 3.00 e.